The monoisotopic (exact) mass is 315 g/mol. The molecule has 0 bridgehead atoms. The predicted molar refractivity (Wildman–Crippen MR) is 86.4 cm³/mol. The molecule has 1 aliphatic heterocycles. The molecular weight excluding hydrogens is 294 g/mol. The number of morpholine rings is 1. The number of hydrogen-bond donors (Lipinski definition) is 1. The van der Waals surface area contributed by atoms with Gasteiger partial charge in [-0.3, -0.25) is 9.69 Å². The Hall–Kier alpha value is -2.18. The average Bonchev–Trinajstić information content (AvgIpc) is 3.05. The molecule has 1 aliphatic rings. The molecule has 2 heterocycles. The number of hydrogen-bond acceptors (Lipinski definition) is 5. The molecule has 122 valence electrons. The second kappa shape index (κ2) is 7.39. The molecule has 23 heavy (non-hydrogen) atoms. The maximum absolute atomic E-state index is 12.3. The molecule has 0 radical (unpaired) electrons. The molecule has 3 rings (SSSR count). The molecule has 1 amide bonds. The van der Waals surface area contributed by atoms with Crippen molar-refractivity contribution < 1.29 is 14.1 Å². The van der Waals surface area contributed by atoms with Gasteiger partial charge in [0, 0.05) is 24.8 Å². The Kier molecular flexibility index (Phi) is 5.05. The summed E-state index contributed by atoms with van der Waals surface area (Å²) in [5.41, 5.74) is 2.22. The van der Waals surface area contributed by atoms with Gasteiger partial charge in [0.25, 0.3) is 5.91 Å². The zero-order valence-corrected chi connectivity index (χ0v) is 13.2. The Morgan fingerprint density at radius 2 is 2.09 bits per heavy atom. The fourth-order valence-corrected chi connectivity index (χ4v) is 2.61. The summed E-state index contributed by atoms with van der Waals surface area (Å²) in [5.74, 6) is 0.448. The zero-order valence-electron chi connectivity index (χ0n) is 13.2. The highest BCUT2D eigenvalue weighted by Gasteiger charge is 2.17. The largest absolute Gasteiger partial charge is 0.379 e. The van der Waals surface area contributed by atoms with Crippen LogP contribution >= 0.6 is 0 Å². The van der Waals surface area contributed by atoms with Gasteiger partial charge in [-0.15, -0.1) is 0 Å². The van der Waals surface area contributed by atoms with Crippen molar-refractivity contribution in [3.8, 4) is 0 Å². The number of aryl methyl sites for hydroxylation is 1. The Morgan fingerprint density at radius 1 is 1.30 bits per heavy atom. The summed E-state index contributed by atoms with van der Waals surface area (Å²) >= 11 is 0. The number of amides is 1. The molecule has 0 spiro atoms. The van der Waals surface area contributed by atoms with Crippen molar-refractivity contribution in [2.24, 2.45) is 0 Å². The summed E-state index contributed by atoms with van der Waals surface area (Å²) in [7, 11) is 0. The lowest BCUT2D eigenvalue weighted by atomic mass is 10.1. The van der Waals surface area contributed by atoms with Crippen molar-refractivity contribution in [2.75, 3.05) is 31.6 Å². The van der Waals surface area contributed by atoms with Gasteiger partial charge < -0.3 is 14.6 Å². The Balaban J connectivity index is 1.63. The van der Waals surface area contributed by atoms with Gasteiger partial charge in [0.2, 0.25) is 0 Å². The quantitative estimate of drug-likeness (QED) is 0.917. The van der Waals surface area contributed by atoms with Gasteiger partial charge in [0.05, 0.1) is 19.8 Å². The third-order valence-electron chi connectivity index (χ3n) is 3.92. The SMILES string of the molecule is CCc1ccccc1NC(=O)c1cc(CN2CCOCC2)on1. The topological polar surface area (TPSA) is 67.6 Å². The molecule has 6 nitrogen and oxygen atoms in total. The van der Waals surface area contributed by atoms with Gasteiger partial charge in [-0.2, -0.15) is 0 Å². The molecule has 6 heteroatoms. The summed E-state index contributed by atoms with van der Waals surface area (Å²) in [6.07, 6.45) is 0.859. The molecule has 1 N–H and O–H groups in total. The zero-order chi connectivity index (χ0) is 16.1. The number of carbonyl (C=O) groups is 1. The van der Waals surface area contributed by atoms with Crippen molar-refractivity contribution >= 4 is 11.6 Å². The number of para-hydroxylation sites is 1. The van der Waals surface area contributed by atoms with Crippen LogP contribution in [0.5, 0.6) is 0 Å². The number of rotatable bonds is 5. The second-order valence-corrected chi connectivity index (χ2v) is 5.53. The van der Waals surface area contributed by atoms with Crippen LogP contribution in [-0.4, -0.2) is 42.3 Å². The lowest BCUT2D eigenvalue weighted by molar-refractivity contribution is 0.0305. The standard InChI is InChI=1S/C17H21N3O3/c1-2-13-5-3-4-6-15(13)18-17(21)16-11-14(23-19-16)12-20-7-9-22-10-8-20/h3-6,11H,2,7-10,12H2,1H3,(H,18,21). The minimum Gasteiger partial charge on any atom is -0.379 e. The van der Waals surface area contributed by atoms with E-state index in [4.69, 9.17) is 9.26 Å². The first-order valence-electron chi connectivity index (χ1n) is 7.91. The van der Waals surface area contributed by atoms with E-state index in [0.29, 0.717) is 18.0 Å². The molecule has 0 saturated carbocycles. The van der Waals surface area contributed by atoms with Crippen LogP contribution < -0.4 is 5.32 Å². The predicted octanol–water partition coefficient (Wildman–Crippen LogP) is 2.32. The number of benzene rings is 1. The van der Waals surface area contributed by atoms with E-state index in [1.54, 1.807) is 6.07 Å². The van der Waals surface area contributed by atoms with E-state index in [2.05, 4.69) is 22.3 Å². The molecule has 0 atom stereocenters. The molecule has 1 aromatic carbocycles. The third-order valence-corrected chi connectivity index (χ3v) is 3.92. The third kappa shape index (κ3) is 3.97. The first-order chi connectivity index (χ1) is 11.3. The lowest BCUT2D eigenvalue weighted by Gasteiger charge is -2.25. The van der Waals surface area contributed by atoms with E-state index in [-0.39, 0.29) is 5.91 Å². The smallest absolute Gasteiger partial charge is 0.277 e. The van der Waals surface area contributed by atoms with E-state index in [0.717, 1.165) is 44.0 Å². The van der Waals surface area contributed by atoms with Gasteiger partial charge in [-0.05, 0) is 18.1 Å². The highest BCUT2D eigenvalue weighted by molar-refractivity contribution is 6.03. The number of aromatic nitrogens is 1. The molecule has 0 unspecified atom stereocenters. The number of nitrogens with zero attached hydrogens (tertiary/aromatic N) is 2. The Morgan fingerprint density at radius 3 is 2.87 bits per heavy atom. The van der Waals surface area contributed by atoms with Crippen LogP contribution in [-0.2, 0) is 17.7 Å². The number of nitrogens with one attached hydrogen (secondary N) is 1. The lowest BCUT2D eigenvalue weighted by Crippen LogP contribution is -2.35. The van der Waals surface area contributed by atoms with E-state index >= 15 is 0 Å². The van der Waals surface area contributed by atoms with Crippen LogP contribution in [0.1, 0.15) is 28.7 Å². The minimum atomic E-state index is -0.247. The normalized spacial score (nSPS) is 15.5. The highest BCUT2D eigenvalue weighted by Crippen LogP contribution is 2.17. The number of anilines is 1. The number of carbonyl (C=O) groups excluding carboxylic acids is 1. The van der Waals surface area contributed by atoms with Crippen LogP contribution in [0.15, 0.2) is 34.9 Å². The Bertz CT molecular complexity index is 663. The van der Waals surface area contributed by atoms with Crippen LogP contribution in [0.4, 0.5) is 5.69 Å². The fourth-order valence-electron chi connectivity index (χ4n) is 2.61. The van der Waals surface area contributed by atoms with Crippen molar-refractivity contribution in [3.05, 3.63) is 47.3 Å². The second-order valence-electron chi connectivity index (χ2n) is 5.53. The van der Waals surface area contributed by atoms with Crippen LogP contribution in [0.25, 0.3) is 0 Å². The minimum absolute atomic E-state index is 0.247. The van der Waals surface area contributed by atoms with Crippen molar-refractivity contribution in [1.82, 2.24) is 10.1 Å². The summed E-state index contributed by atoms with van der Waals surface area (Å²) in [4.78, 5) is 14.5. The molecule has 1 saturated heterocycles. The van der Waals surface area contributed by atoms with Crippen LogP contribution in [0, 0.1) is 0 Å². The Labute approximate surface area is 135 Å². The van der Waals surface area contributed by atoms with Gasteiger partial charge in [-0.25, -0.2) is 0 Å². The van der Waals surface area contributed by atoms with Crippen LogP contribution in [0.3, 0.4) is 0 Å². The highest BCUT2D eigenvalue weighted by atomic mass is 16.5. The number of ether oxygens (including phenoxy) is 1. The molecular formula is C17H21N3O3. The van der Waals surface area contributed by atoms with Crippen molar-refractivity contribution in [3.63, 3.8) is 0 Å². The van der Waals surface area contributed by atoms with E-state index in [1.165, 1.54) is 0 Å². The maximum atomic E-state index is 12.3. The maximum Gasteiger partial charge on any atom is 0.277 e. The summed E-state index contributed by atoms with van der Waals surface area (Å²) in [6.45, 7) is 5.90. The molecule has 1 aromatic heterocycles. The van der Waals surface area contributed by atoms with Crippen molar-refractivity contribution in [1.29, 1.82) is 0 Å². The van der Waals surface area contributed by atoms with Gasteiger partial charge in [0.1, 0.15) is 0 Å². The fraction of sp³-hybridized carbons (Fsp3) is 0.412. The first-order valence-corrected chi connectivity index (χ1v) is 7.91. The van der Waals surface area contributed by atoms with Gasteiger partial charge >= 0.3 is 0 Å². The van der Waals surface area contributed by atoms with E-state index < -0.39 is 0 Å². The summed E-state index contributed by atoms with van der Waals surface area (Å²) in [5, 5.41) is 6.79. The summed E-state index contributed by atoms with van der Waals surface area (Å²) < 4.78 is 10.6. The van der Waals surface area contributed by atoms with Gasteiger partial charge in [0.15, 0.2) is 11.5 Å². The average molecular weight is 315 g/mol. The van der Waals surface area contributed by atoms with Crippen LogP contribution in [0.2, 0.25) is 0 Å². The van der Waals surface area contributed by atoms with Gasteiger partial charge in [-0.1, -0.05) is 30.3 Å². The molecule has 2 aromatic rings. The van der Waals surface area contributed by atoms with Crippen molar-refractivity contribution in [2.45, 2.75) is 19.9 Å². The molecule has 1 fully saturated rings. The van der Waals surface area contributed by atoms with E-state index in [1.807, 2.05) is 24.3 Å². The first kappa shape index (κ1) is 15.7. The van der Waals surface area contributed by atoms with E-state index in [9.17, 15) is 4.79 Å². The summed E-state index contributed by atoms with van der Waals surface area (Å²) in [6, 6.07) is 9.47. The molecule has 0 aliphatic carbocycles.